The first-order valence-corrected chi connectivity index (χ1v) is 6.46. The lowest BCUT2D eigenvalue weighted by molar-refractivity contribution is -0.141. The van der Waals surface area contributed by atoms with E-state index in [2.05, 4.69) is 23.8 Å². The SMILES string of the molecule is CC(C)CCN(C)c1nc(N(C)C)cc(C(F)(F)F)n1. The van der Waals surface area contributed by atoms with E-state index in [1.54, 1.807) is 26.0 Å². The molecule has 7 heteroatoms. The first-order valence-electron chi connectivity index (χ1n) is 6.46. The summed E-state index contributed by atoms with van der Waals surface area (Å²) < 4.78 is 38.6. The Morgan fingerprint density at radius 3 is 2.20 bits per heavy atom. The number of halogens is 3. The summed E-state index contributed by atoms with van der Waals surface area (Å²) in [6.07, 6.45) is -3.60. The first-order chi connectivity index (χ1) is 9.11. The van der Waals surface area contributed by atoms with Crippen LogP contribution in [0.3, 0.4) is 0 Å². The van der Waals surface area contributed by atoms with Crippen LogP contribution in [0.2, 0.25) is 0 Å². The average molecular weight is 290 g/mol. The number of rotatable bonds is 5. The van der Waals surface area contributed by atoms with Gasteiger partial charge in [-0.05, 0) is 12.3 Å². The van der Waals surface area contributed by atoms with E-state index in [1.165, 1.54) is 4.90 Å². The molecule has 20 heavy (non-hydrogen) atoms. The van der Waals surface area contributed by atoms with Crippen LogP contribution in [0.1, 0.15) is 26.0 Å². The Labute approximate surface area is 117 Å². The van der Waals surface area contributed by atoms with Crippen molar-refractivity contribution >= 4 is 11.8 Å². The van der Waals surface area contributed by atoms with Crippen LogP contribution in [-0.4, -0.2) is 37.7 Å². The van der Waals surface area contributed by atoms with Gasteiger partial charge in [0.15, 0.2) is 5.69 Å². The highest BCUT2D eigenvalue weighted by Gasteiger charge is 2.34. The van der Waals surface area contributed by atoms with E-state index in [0.29, 0.717) is 12.5 Å². The average Bonchev–Trinajstić information content (AvgIpc) is 2.34. The summed E-state index contributed by atoms with van der Waals surface area (Å²) in [5.41, 5.74) is -0.914. The molecule has 1 aromatic heterocycles. The van der Waals surface area contributed by atoms with Gasteiger partial charge in [0.05, 0.1) is 0 Å². The molecule has 114 valence electrons. The summed E-state index contributed by atoms with van der Waals surface area (Å²) >= 11 is 0. The van der Waals surface area contributed by atoms with Gasteiger partial charge in [0.25, 0.3) is 0 Å². The molecule has 1 aromatic rings. The van der Waals surface area contributed by atoms with Gasteiger partial charge < -0.3 is 9.80 Å². The summed E-state index contributed by atoms with van der Waals surface area (Å²) in [5, 5.41) is 0. The smallest absolute Gasteiger partial charge is 0.363 e. The molecule has 0 fully saturated rings. The minimum absolute atomic E-state index is 0.101. The van der Waals surface area contributed by atoms with Crippen molar-refractivity contribution < 1.29 is 13.2 Å². The summed E-state index contributed by atoms with van der Waals surface area (Å²) in [4.78, 5) is 11.0. The highest BCUT2D eigenvalue weighted by molar-refractivity contribution is 5.45. The number of nitrogens with zero attached hydrogens (tertiary/aromatic N) is 4. The van der Waals surface area contributed by atoms with E-state index < -0.39 is 11.9 Å². The van der Waals surface area contributed by atoms with Gasteiger partial charge in [-0.3, -0.25) is 0 Å². The molecule has 0 unspecified atom stereocenters. The molecule has 0 saturated heterocycles. The van der Waals surface area contributed by atoms with Gasteiger partial charge in [0.1, 0.15) is 5.82 Å². The van der Waals surface area contributed by atoms with Crippen molar-refractivity contribution in [1.82, 2.24) is 9.97 Å². The zero-order valence-corrected chi connectivity index (χ0v) is 12.5. The van der Waals surface area contributed by atoms with Crippen molar-refractivity contribution in [3.05, 3.63) is 11.8 Å². The molecule has 0 spiro atoms. The van der Waals surface area contributed by atoms with Gasteiger partial charge >= 0.3 is 6.18 Å². The molecule has 0 N–H and O–H groups in total. The van der Waals surface area contributed by atoms with Crippen LogP contribution in [0.4, 0.5) is 24.9 Å². The summed E-state index contributed by atoms with van der Waals surface area (Å²) in [5.74, 6) is 0.819. The Morgan fingerprint density at radius 2 is 1.75 bits per heavy atom. The quantitative estimate of drug-likeness (QED) is 0.834. The molecule has 0 aliphatic heterocycles. The molecule has 0 saturated carbocycles. The van der Waals surface area contributed by atoms with Gasteiger partial charge in [0, 0.05) is 33.8 Å². The monoisotopic (exact) mass is 290 g/mol. The molecule has 0 aromatic carbocycles. The second-order valence-electron chi connectivity index (χ2n) is 5.41. The fourth-order valence-electron chi connectivity index (χ4n) is 1.52. The van der Waals surface area contributed by atoms with Crippen LogP contribution >= 0.6 is 0 Å². The Balaban J connectivity index is 3.09. The predicted molar refractivity (Wildman–Crippen MR) is 74.1 cm³/mol. The lowest BCUT2D eigenvalue weighted by Crippen LogP contribution is -2.25. The molecule has 1 heterocycles. The molecular formula is C13H21F3N4. The fourth-order valence-corrected chi connectivity index (χ4v) is 1.52. The molecular weight excluding hydrogens is 269 g/mol. The third kappa shape index (κ3) is 4.54. The van der Waals surface area contributed by atoms with Crippen LogP contribution in [0.15, 0.2) is 6.07 Å². The van der Waals surface area contributed by atoms with E-state index in [0.717, 1.165) is 12.5 Å². The molecule has 1 rings (SSSR count). The maximum atomic E-state index is 12.9. The van der Waals surface area contributed by atoms with E-state index in [1.807, 2.05) is 0 Å². The Kier molecular flexibility index (Phi) is 5.19. The minimum Gasteiger partial charge on any atom is -0.363 e. The Morgan fingerprint density at radius 1 is 1.15 bits per heavy atom. The van der Waals surface area contributed by atoms with Gasteiger partial charge in [0.2, 0.25) is 5.95 Å². The third-order valence-electron chi connectivity index (χ3n) is 2.83. The van der Waals surface area contributed by atoms with Gasteiger partial charge in [-0.25, -0.2) is 4.98 Å². The lowest BCUT2D eigenvalue weighted by atomic mass is 10.1. The summed E-state index contributed by atoms with van der Waals surface area (Å²) in [6.45, 7) is 4.74. The van der Waals surface area contributed by atoms with Crippen molar-refractivity contribution in [1.29, 1.82) is 0 Å². The van der Waals surface area contributed by atoms with Crippen molar-refractivity contribution in [2.75, 3.05) is 37.5 Å². The molecule has 0 aliphatic carbocycles. The number of hydrogen-bond acceptors (Lipinski definition) is 4. The van der Waals surface area contributed by atoms with Gasteiger partial charge in [-0.15, -0.1) is 0 Å². The molecule has 0 radical (unpaired) electrons. The van der Waals surface area contributed by atoms with Crippen molar-refractivity contribution in [3.8, 4) is 0 Å². The van der Waals surface area contributed by atoms with E-state index in [4.69, 9.17) is 0 Å². The topological polar surface area (TPSA) is 32.3 Å². The van der Waals surface area contributed by atoms with Crippen LogP contribution in [-0.2, 0) is 6.18 Å². The predicted octanol–water partition coefficient (Wildman–Crippen LogP) is 3.04. The standard InChI is InChI=1S/C13H21F3N4/c1-9(2)6-7-20(5)12-17-10(13(14,15)16)8-11(18-12)19(3)4/h8-9H,6-7H2,1-5H3. The van der Waals surface area contributed by atoms with Crippen LogP contribution in [0.5, 0.6) is 0 Å². The van der Waals surface area contributed by atoms with Gasteiger partial charge in [-0.1, -0.05) is 13.8 Å². The molecule has 0 amide bonds. The molecule has 0 atom stereocenters. The van der Waals surface area contributed by atoms with Crippen molar-refractivity contribution in [3.63, 3.8) is 0 Å². The van der Waals surface area contributed by atoms with Crippen LogP contribution in [0.25, 0.3) is 0 Å². The lowest BCUT2D eigenvalue weighted by Gasteiger charge is -2.21. The number of aromatic nitrogens is 2. The highest BCUT2D eigenvalue weighted by atomic mass is 19.4. The Bertz CT molecular complexity index is 444. The number of hydrogen-bond donors (Lipinski definition) is 0. The second-order valence-corrected chi connectivity index (χ2v) is 5.41. The highest BCUT2D eigenvalue weighted by Crippen LogP contribution is 2.30. The molecule has 4 nitrogen and oxygen atoms in total. The molecule has 0 aliphatic rings. The zero-order valence-electron chi connectivity index (χ0n) is 12.5. The number of alkyl halides is 3. The van der Waals surface area contributed by atoms with E-state index >= 15 is 0 Å². The first kappa shape index (κ1) is 16.5. The fraction of sp³-hybridized carbons (Fsp3) is 0.692. The normalized spacial score (nSPS) is 11.8. The van der Waals surface area contributed by atoms with Gasteiger partial charge in [-0.2, -0.15) is 18.2 Å². The van der Waals surface area contributed by atoms with Crippen LogP contribution < -0.4 is 9.80 Å². The second kappa shape index (κ2) is 6.28. The maximum Gasteiger partial charge on any atom is 0.433 e. The van der Waals surface area contributed by atoms with Crippen molar-refractivity contribution in [2.45, 2.75) is 26.4 Å². The summed E-state index contributed by atoms with van der Waals surface area (Å²) in [7, 11) is 5.01. The third-order valence-corrected chi connectivity index (χ3v) is 2.83. The number of anilines is 2. The maximum absolute atomic E-state index is 12.9. The molecule has 0 bridgehead atoms. The van der Waals surface area contributed by atoms with Crippen molar-refractivity contribution in [2.24, 2.45) is 5.92 Å². The zero-order chi connectivity index (χ0) is 15.5. The Hall–Kier alpha value is -1.53. The van der Waals surface area contributed by atoms with E-state index in [-0.39, 0.29) is 11.8 Å². The summed E-state index contributed by atoms with van der Waals surface area (Å²) in [6, 6.07) is 0.958. The minimum atomic E-state index is -4.47. The van der Waals surface area contributed by atoms with E-state index in [9.17, 15) is 13.2 Å². The van der Waals surface area contributed by atoms with Crippen LogP contribution in [0, 0.1) is 5.92 Å². The largest absolute Gasteiger partial charge is 0.433 e.